The smallest absolute Gasteiger partial charge is 0.166 e. The minimum atomic E-state index is 0.115. The zero-order chi connectivity index (χ0) is 10.6. The van der Waals surface area contributed by atoms with Crippen molar-refractivity contribution in [3.05, 3.63) is 29.3 Å². The number of methoxy groups -OCH3 is 1. The maximum Gasteiger partial charge on any atom is 0.166 e. The molecule has 0 aliphatic heterocycles. The Bertz CT molecular complexity index is 334. The lowest BCUT2D eigenvalue weighted by Crippen LogP contribution is -2.02. The molecule has 0 saturated heterocycles. The molecule has 0 unspecified atom stereocenters. The fourth-order valence-electron chi connectivity index (χ4n) is 1.34. The number of benzene rings is 1. The average Bonchev–Trinajstić information content (AvgIpc) is 2.26. The fraction of sp³-hybridized carbons (Fsp3) is 0.364. The number of hydrogen-bond donors (Lipinski definition) is 0. The van der Waals surface area contributed by atoms with Gasteiger partial charge in [0.2, 0.25) is 0 Å². The summed E-state index contributed by atoms with van der Waals surface area (Å²) >= 11 is 3.36. The second-order valence-corrected chi connectivity index (χ2v) is 3.47. The van der Waals surface area contributed by atoms with Crippen LogP contribution in [-0.2, 0) is 5.33 Å². The molecule has 0 aliphatic rings. The van der Waals surface area contributed by atoms with E-state index in [2.05, 4.69) is 15.9 Å². The van der Waals surface area contributed by atoms with E-state index in [0.29, 0.717) is 23.1 Å². The summed E-state index contributed by atoms with van der Waals surface area (Å²) in [5.41, 5.74) is 1.68. The number of Topliss-reactive ketones (excluding diaryl/α,β-unsaturated/α-hetero) is 1. The molecule has 14 heavy (non-hydrogen) atoms. The second-order valence-electron chi connectivity index (χ2n) is 2.91. The Morgan fingerprint density at radius 2 is 2.21 bits per heavy atom. The van der Waals surface area contributed by atoms with Gasteiger partial charge in [-0.25, -0.2) is 0 Å². The summed E-state index contributed by atoms with van der Waals surface area (Å²) in [5.74, 6) is 0.806. The molecule has 1 aromatic carbocycles. The van der Waals surface area contributed by atoms with E-state index in [1.807, 2.05) is 19.1 Å². The van der Waals surface area contributed by atoms with Crippen molar-refractivity contribution in [1.82, 2.24) is 0 Å². The van der Waals surface area contributed by atoms with E-state index in [1.54, 1.807) is 13.2 Å². The highest BCUT2D eigenvalue weighted by molar-refractivity contribution is 9.08. The summed E-state index contributed by atoms with van der Waals surface area (Å²) in [4.78, 5) is 11.6. The van der Waals surface area contributed by atoms with Gasteiger partial charge >= 0.3 is 0 Å². The molecule has 1 rings (SSSR count). The Hall–Kier alpha value is -0.830. The number of alkyl halides is 1. The quantitative estimate of drug-likeness (QED) is 0.611. The molecule has 0 aromatic heterocycles. The number of halogens is 1. The van der Waals surface area contributed by atoms with Crippen LogP contribution in [0.5, 0.6) is 5.75 Å². The van der Waals surface area contributed by atoms with Gasteiger partial charge in [0.1, 0.15) is 5.75 Å². The molecule has 1 aromatic rings. The third-order valence-electron chi connectivity index (χ3n) is 2.07. The molecule has 0 aliphatic carbocycles. The van der Waals surface area contributed by atoms with Gasteiger partial charge in [0.25, 0.3) is 0 Å². The van der Waals surface area contributed by atoms with Gasteiger partial charge in [-0.1, -0.05) is 35.0 Å². The van der Waals surface area contributed by atoms with Crippen molar-refractivity contribution in [2.75, 3.05) is 7.11 Å². The number of hydrogen-bond acceptors (Lipinski definition) is 2. The van der Waals surface area contributed by atoms with E-state index in [1.165, 1.54) is 0 Å². The first kappa shape index (κ1) is 11.2. The molecule has 0 heterocycles. The van der Waals surface area contributed by atoms with Crippen LogP contribution >= 0.6 is 15.9 Å². The number of para-hydroxylation sites is 1. The molecule has 76 valence electrons. The molecule has 0 atom stereocenters. The van der Waals surface area contributed by atoms with Gasteiger partial charge in [0.05, 0.1) is 12.7 Å². The van der Waals surface area contributed by atoms with Crippen LogP contribution in [0.15, 0.2) is 18.2 Å². The molecule has 0 radical (unpaired) electrons. The zero-order valence-electron chi connectivity index (χ0n) is 8.34. The minimum Gasteiger partial charge on any atom is -0.496 e. The first-order valence-electron chi connectivity index (χ1n) is 4.49. The maximum atomic E-state index is 11.6. The number of rotatable bonds is 4. The fourth-order valence-corrected chi connectivity index (χ4v) is 1.78. The first-order valence-corrected chi connectivity index (χ1v) is 5.61. The highest BCUT2D eigenvalue weighted by Gasteiger charge is 2.12. The molecule has 0 amide bonds. The van der Waals surface area contributed by atoms with Crippen molar-refractivity contribution in [3.63, 3.8) is 0 Å². The Morgan fingerprint density at radius 3 is 2.71 bits per heavy atom. The summed E-state index contributed by atoms with van der Waals surface area (Å²) in [6.07, 6.45) is 0.502. The molecule has 0 N–H and O–H groups in total. The van der Waals surface area contributed by atoms with Crippen LogP contribution in [0.3, 0.4) is 0 Å². The molecular weight excluding hydrogens is 244 g/mol. The lowest BCUT2D eigenvalue weighted by molar-refractivity contribution is 0.0985. The zero-order valence-corrected chi connectivity index (χ0v) is 9.93. The van der Waals surface area contributed by atoms with Crippen LogP contribution < -0.4 is 4.74 Å². The molecule has 2 nitrogen and oxygen atoms in total. The van der Waals surface area contributed by atoms with Gasteiger partial charge in [-0.15, -0.1) is 0 Å². The number of carbonyl (C=O) groups excluding carboxylic acids is 1. The van der Waals surface area contributed by atoms with Crippen molar-refractivity contribution in [3.8, 4) is 5.75 Å². The van der Waals surface area contributed by atoms with E-state index < -0.39 is 0 Å². The molecule has 0 saturated carbocycles. The largest absolute Gasteiger partial charge is 0.496 e. The lowest BCUT2D eigenvalue weighted by atomic mass is 10.0. The van der Waals surface area contributed by atoms with Crippen molar-refractivity contribution in [1.29, 1.82) is 0 Å². The third-order valence-corrected chi connectivity index (χ3v) is 2.67. The van der Waals surface area contributed by atoms with E-state index >= 15 is 0 Å². The molecule has 3 heteroatoms. The van der Waals surface area contributed by atoms with Crippen LogP contribution in [0, 0.1) is 0 Å². The Balaban J connectivity index is 3.21. The Labute approximate surface area is 92.4 Å². The van der Waals surface area contributed by atoms with Crippen LogP contribution in [0.4, 0.5) is 0 Å². The summed E-state index contributed by atoms with van der Waals surface area (Å²) in [6.45, 7) is 1.85. The van der Waals surface area contributed by atoms with Gasteiger partial charge in [-0.05, 0) is 6.07 Å². The van der Waals surface area contributed by atoms with Crippen LogP contribution in [0.2, 0.25) is 0 Å². The molecular formula is C11H13BrO2. The minimum absolute atomic E-state index is 0.115. The molecule has 0 bridgehead atoms. The number of carbonyl (C=O) groups is 1. The second kappa shape index (κ2) is 5.15. The maximum absolute atomic E-state index is 11.6. The van der Waals surface area contributed by atoms with E-state index in [4.69, 9.17) is 4.74 Å². The highest BCUT2D eigenvalue weighted by atomic mass is 79.9. The van der Waals surface area contributed by atoms with Crippen LogP contribution in [0.1, 0.15) is 29.3 Å². The summed E-state index contributed by atoms with van der Waals surface area (Å²) in [7, 11) is 1.59. The van der Waals surface area contributed by atoms with Gasteiger partial charge in [-0.2, -0.15) is 0 Å². The number of ketones is 1. The summed E-state index contributed by atoms with van der Waals surface area (Å²) in [6, 6.07) is 5.62. The average molecular weight is 257 g/mol. The molecule has 0 fully saturated rings. The summed E-state index contributed by atoms with van der Waals surface area (Å²) in [5, 5.41) is 0.695. The predicted molar refractivity (Wildman–Crippen MR) is 60.2 cm³/mol. The monoisotopic (exact) mass is 256 g/mol. The van der Waals surface area contributed by atoms with Crippen molar-refractivity contribution in [2.24, 2.45) is 0 Å². The van der Waals surface area contributed by atoms with Gasteiger partial charge < -0.3 is 4.74 Å². The topological polar surface area (TPSA) is 26.3 Å². The Kier molecular flexibility index (Phi) is 4.14. The van der Waals surface area contributed by atoms with Crippen molar-refractivity contribution < 1.29 is 9.53 Å². The lowest BCUT2D eigenvalue weighted by Gasteiger charge is -2.10. The van der Waals surface area contributed by atoms with Gasteiger partial charge in [0.15, 0.2) is 5.78 Å². The van der Waals surface area contributed by atoms with Crippen molar-refractivity contribution >= 4 is 21.7 Å². The van der Waals surface area contributed by atoms with Crippen LogP contribution in [-0.4, -0.2) is 12.9 Å². The van der Waals surface area contributed by atoms with E-state index in [-0.39, 0.29) is 5.78 Å². The third kappa shape index (κ3) is 2.15. The van der Waals surface area contributed by atoms with Gasteiger partial charge in [-0.3, -0.25) is 4.79 Å². The van der Waals surface area contributed by atoms with E-state index in [9.17, 15) is 4.79 Å². The molecule has 0 spiro atoms. The first-order chi connectivity index (χ1) is 6.74. The SMILES string of the molecule is CCC(=O)c1cccc(CBr)c1OC. The van der Waals surface area contributed by atoms with Crippen LogP contribution in [0.25, 0.3) is 0 Å². The number of ether oxygens (including phenoxy) is 1. The predicted octanol–water partition coefficient (Wildman–Crippen LogP) is 3.18. The standard InChI is InChI=1S/C11H13BrO2/c1-3-10(13)9-6-4-5-8(7-12)11(9)14-2/h4-6H,3,7H2,1-2H3. The normalized spacial score (nSPS) is 9.93. The van der Waals surface area contributed by atoms with Gasteiger partial charge in [0, 0.05) is 17.3 Å². The highest BCUT2D eigenvalue weighted by Crippen LogP contribution is 2.26. The Morgan fingerprint density at radius 1 is 1.50 bits per heavy atom. The van der Waals surface area contributed by atoms with E-state index in [0.717, 1.165) is 5.56 Å². The van der Waals surface area contributed by atoms with Crippen molar-refractivity contribution in [2.45, 2.75) is 18.7 Å². The summed E-state index contributed by atoms with van der Waals surface area (Å²) < 4.78 is 5.24.